The smallest absolute Gasteiger partial charge is 0.324 e. The van der Waals surface area contributed by atoms with Crippen LogP contribution in [0, 0.1) is 0 Å². The third-order valence-corrected chi connectivity index (χ3v) is 5.02. The van der Waals surface area contributed by atoms with Gasteiger partial charge in [0.2, 0.25) is 0 Å². The van der Waals surface area contributed by atoms with Crippen LogP contribution in [0.15, 0.2) is 0 Å². The normalized spacial score (nSPS) is 47.7. The van der Waals surface area contributed by atoms with Crippen molar-refractivity contribution >= 4 is 8.80 Å². The minimum absolute atomic E-state index is 0.0712. The highest BCUT2D eigenvalue weighted by atomic mass is 28.4. The molecule has 3 aliphatic heterocycles. The SMILES string of the molecule is CC(C)(C)[Si]12OC(O1)O2. The molecule has 2 bridgehead atoms. The van der Waals surface area contributed by atoms with Gasteiger partial charge in [-0.3, -0.25) is 0 Å². The van der Waals surface area contributed by atoms with Gasteiger partial charge in [0.15, 0.2) is 0 Å². The lowest BCUT2D eigenvalue weighted by atomic mass is 10.3. The van der Waals surface area contributed by atoms with E-state index in [0.717, 1.165) is 0 Å². The Morgan fingerprint density at radius 1 is 1.11 bits per heavy atom. The van der Waals surface area contributed by atoms with E-state index >= 15 is 0 Å². The van der Waals surface area contributed by atoms with Crippen LogP contribution in [-0.4, -0.2) is 15.3 Å². The Kier molecular flexibility index (Phi) is 0.809. The Bertz CT molecular complexity index is 134. The summed E-state index contributed by atoms with van der Waals surface area (Å²) in [6.45, 7) is 5.94. The van der Waals surface area contributed by atoms with Crippen LogP contribution in [-0.2, 0) is 13.3 Å². The average molecular weight is 146 g/mol. The highest BCUT2D eigenvalue weighted by molar-refractivity contribution is 6.68. The highest BCUT2D eigenvalue weighted by Crippen LogP contribution is 2.54. The minimum Gasteiger partial charge on any atom is -0.324 e. The van der Waals surface area contributed by atoms with Crippen LogP contribution in [0.2, 0.25) is 5.04 Å². The van der Waals surface area contributed by atoms with Crippen molar-refractivity contribution in [3.63, 3.8) is 0 Å². The van der Waals surface area contributed by atoms with Gasteiger partial charge in [-0.05, 0) is 0 Å². The molecule has 3 rings (SSSR count). The van der Waals surface area contributed by atoms with Crippen molar-refractivity contribution in [3.05, 3.63) is 0 Å². The molecule has 3 aliphatic rings. The Balaban J connectivity index is 2.13. The maximum Gasteiger partial charge on any atom is 0.517 e. The molecule has 0 radical (unpaired) electrons. The van der Waals surface area contributed by atoms with Crippen LogP contribution < -0.4 is 0 Å². The van der Waals surface area contributed by atoms with E-state index in [2.05, 4.69) is 20.8 Å². The highest BCUT2D eigenvalue weighted by Gasteiger charge is 2.74. The molecule has 52 valence electrons. The quantitative estimate of drug-likeness (QED) is 0.479. The van der Waals surface area contributed by atoms with E-state index in [1.165, 1.54) is 0 Å². The Morgan fingerprint density at radius 3 is 1.56 bits per heavy atom. The molecule has 4 heteroatoms. The molecule has 0 N–H and O–H groups in total. The van der Waals surface area contributed by atoms with E-state index in [1.54, 1.807) is 0 Å². The summed E-state index contributed by atoms with van der Waals surface area (Å²) in [6, 6.07) is 0. The second-order valence-corrected chi connectivity index (χ2v) is 6.77. The molecule has 0 aromatic carbocycles. The zero-order chi connectivity index (χ0) is 6.70. The summed E-state index contributed by atoms with van der Waals surface area (Å²) < 4.78 is 15.8. The first kappa shape index (κ1) is 5.85. The molecule has 9 heavy (non-hydrogen) atoms. The second-order valence-electron chi connectivity index (χ2n) is 3.45. The van der Waals surface area contributed by atoms with Crippen molar-refractivity contribution in [1.29, 1.82) is 0 Å². The van der Waals surface area contributed by atoms with Gasteiger partial charge in [0, 0.05) is 5.04 Å². The van der Waals surface area contributed by atoms with Gasteiger partial charge in [-0.25, -0.2) is 0 Å². The molecule has 0 aromatic heterocycles. The molecule has 0 aliphatic carbocycles. The summed E-state index contributed by atoms with van der Waals surface area (Å²) in [7, 11) is -2.05. The first-order chi connectivity index (χ1) is 4.04. The fourth-order valence-electron chi connectivity index (χ4n) is 0.937. The molecule has 0 atom stereocenters. The molecule has 0 aromatic rings. The van der Waals surface area contributed by atoms with Gasteiger partial charge < -0.3 is 13.3 Å². The van der Waals surface area contributed by atoms with Crippen LogP contribution >= 0.6 is 0 Å². The Hall–Kier alpha value is 0.0969. The van der Waals surface area contributed by atoms with Crippen LogP contribution in [0.25, 0.3) is 0 Å². The zero-order valence-electron chi connectivity index (χ0n) is 5.80. The molecule has 0 unspecified atom stereocenters. The van der Waals surface area contributed by atoms with Gasteiger partial charge in [0.25, 0.3) is 6.48 Å². The summed E-state index contributed by atoms with van der Waals surface area (Å²) in [5, 5.41) is 0.0712. The monoisotopic (exact) mass is 146 g/mol. The molecule has 3 fully saturated rings. The molecule has 0 saturated carbocycles. The van der Waals surface area contributed by atoms with E-state index in [9.17, 15) is 0 Å². The second kappa shape index (κ2) is 1.25. The molecule has 3 heterocycles. The van der Waals surface area contributed by atoms with Gasteiger partial charge in [0.1, 0.15) is 0 Å². The summed E-state index contributed by atoms with van der Waals surface area (Å²) in [5.74, 6) is 0. The van der Waals surface area contributed by atoms with Crippen LogP contribution in [0.5, 0.6) is 0 Å². The maximum absolute atomic E-state index is 5.27. The van der Waals surface area contributed by atoms with Crippen molar-refractivity contribution in [3.8, 4) is 0 Å². The predicted octanol–water partition coefficient (Wildman–Crippen LogP) is 1.09. The number of hydrogen-bond donors (Lipinski definition) is 0. The Morgan fingerprint density at radius 2 is 1.56 bits per heavy atom. The lowest BCUT2D eigenvalue weighted by molar-refractivity contribution is -0.400. The van der Waals surface area contributed by atoms with Crippen molar-refractivity contribution in [2.75, 3.05) is 0 Å². The predicted molar refractivity (Wildman–Crippen MR) is 32.5 cm³/mol. The number of rotatable bonds is 0. The zero-order valence-corrected chi connectivity index (χ0v) is 6.80. The topological polar surface area (TPSA) is 27.7 Å². The standard InChI is InChI=1S/C5H10O3Si/c1-5(2,3)9-6-4(7-9)8-9/h4H,1-3H3. The van der Waals surface area contributed by atoms with Gasteiger partial charge in [0.05, 0.1) is 0 Å². The largest absolute Gasteiger partial charge is 0.517 e. The molecule has 0 spiro atoms. The van der Waals surface area contributed by atoms with Gasteiger partial charge >= 0.3 is 8.80 Å². The van der Waals surface area contributed by atoms with Crippen molar-refractivity contribution in [1.82, 2.24) is 0 Å². The molecular formula is C5H10O3Si. The summed E-state index contributed by atoms with van der Waals surface area (Å²) in [4.78, 5) is 0. The summed E-state index contributed by atoms with van der Waals surface area (Å²) in [5.41, 5.74) is 0. The fourth-order valence-corrected chi connectivity index (χ4v) is 2.81. The van der Waals surface area contributed by atoms with E-state index in [-0.39, 0.29) is 11.5 Å². The Labute approximate surface area is 55.3 Å². The van der Waals surface area contributed by atoms with Crippen LogP contribution in [0.3, 0.4) is 0 Å². The third kappa shape index (κ3) is 0.518. The van der Waals surface area contributed by atoms with Crippen molar-refractivity contribution < 1.29 is 13.3 Å². The van der Waals surface area contributed by atoms with E-state index in [4.69, 9.17) is 13.3 Å². The molecule has 3 nitrogen and oxygen atoms in total. The maximum atomic E-state index is 5.27. The average Bonchev–Trinajstić information content (AvgIpc) is 1.08. The van der Waals surface area contributed by atoms with Crippen molar-refractivity contribution in [2.45, 2.75) is 32.3 Å². The lowest BCUT2D eigenvalue weighted by Gasteiger charge is -2.60. The summed E-state index contributed by atoms with van der Waals surface area (Å²) in [6.07, 6.45) is 0. The number of hydrogen-bond acceptors (Lipinski definition) is 3. The van der Waals surface area contributed by atoms with Crippen LogP contribution in [0.1, 0.15) is 20.8 Å². The van der Waals surface area contributed by atoms with Crippen LogP contribution in [0.4, 0.5) is 0 Å². The van der Waals surface area contributed by atoms with E-state index < -0.39 is 8.80 Å². The van der Waals surface area contributed by atoms with E-state index in [1.807, 2.05) is 0 Å². The van der Waals surface area contributed by atoms with E-state index in [0.29, 0.717) is 0 Å². The van der Waals surface area contributed by atoms with Gasteiger partial charge in [-0.1, -0.05) is 20.8 Å². The fraction of sp³-hybridized carbons (Fsp3) is 1.00. The first-order valence-electron chi connectivity index (χ1n) is 3.07. The third-order valence-electron chi connectivity index (χ3n) is 1.67. The van der Waals surface area contributed by atoms with Gasteiger partial charge in [-0.15, -0.1) is 0 Å². The van der Waals surface area contributed by atoms with Gasteiger partial charge in [-0.2, -0.15) is 0 Å². The van der Waals surface area contributed by atoms with Crippen molar-refractivity contribution in [2.24, 2.45) is 0 Å². The molecular weight excluding hydrogens is 136 g/mol. The molecule has 0 amide bonds. The minimum atomic E-state index is -2.05. The summed E-state index contributed by atoms with van der Waals surface area (Å²) >= 11 is 0. The first-order valence-corrected chi connectivity index (χ1v) is 4.79. The molecule has 3 saturated heterocycles. The lowest BCUT2D eigenvalue weighted by Crippen LogP contribution is -2.79.